The minimum absolute atomic E-state index is 0. The van der Waals surface area contributed by atoms with E-state index in [2.05, 4.69) is 22.0 Å². The average molecular weight is 222 g/mol. The smallest absolute Gasteiger partial charge is 0.207 e. The van der Waals surface area contributed by atoms with Crippen molar-refractivity contribution in [3.63, 3.8) is 0 Å². The molecule has 0 bridgehead atoms. The van der Waals surface area contributed by atoms with Gasteiger partial charge in [0, 0.05) is 18.1 Å². The van der Waals surface area contributed by atoms with E-state index in [4.69, 9.17) is 5.84 Å². The maximum Gasteiger partial charge on any atom is 0.207 e. The monoisotopic (exact) mass is 221 g/mol. The molecule has 5 heteroatoms. The predicted octanol–water partition coefficient (Wildman–Crippen LogP) is 1.63. The van der Waals surface area contributed by atoms with Gasteiger partial charge in [0.2, 0.25) is 4.80 Å². The summed E-state index contributed by atoms with van der Waals surface area (Å²) in [7, 11) is 2.01. The standard InChI is InChI=1S/C8H15N3S.ClH/c1-3-4-5-7-6-12-8(10-9)11(7)2;/h6H,3-5,9H2,1-2H3;1H. The van der Waals surface area contributed by atoms with Crippen molar-refractivity contribution in [3.05, 3.63) is 15.9 Å². The largest absolute Gasteiger partial charge is 0.323 e. The number of thiazole rings is 1. The molecule has 0 aromatic carbocycles. The Hall–Kier alpha value is -0.480. The van der Waals surface area contributed by atoms with Crippen LogP contribution in [0.1, 0.15) is 25.5 Å². The zero-order chi connectivity index (χ0) is 8.97. The van der Waals surface area contributed by atoms with Gasteiger partial charge in [-0.2, -0.15) is 5.10 Å². The molecule has 0 fully saturated rings. The zero-order valence-electron chi connectivity index (χ0n) is 7.99. The van der Waals surface area contributed by atoms with Gasteiger partial charge in [-0.05, 0) is 12.8 Å². The second-order valence-electron chi connectivity index (χ2n) is 2.80. The summed E-state index contributed by atoms with van der Waals surface area (Å²) in [5.74, 6) is 5.21. The van der Waals surface area contributed by atoms with Crippen molar-refractivity contribution >= 4 is 23.7 Å². The van der Waals surface area contributed by atoms with E-state index in [9.17, 15) is 0 Å². The van der Waals surface area contributed by atoms with Crippen LogP contribution < -0.4 is 10.6 Å². The molecule has 0 aliphatic rings. The predicted molar refractivity (Wildman–Crippen MR) is 58.9 cm³/mol. The molecule has 3 nitrogen and oxygen atoms in total. The van der Waals surface area contributed by atoms with Crippen molar-refractivity contribution in [3.8, 4) is 0 Å². The van der Waals surface area contributed by atoms with Crippen molar-refractivity contribution in [2.45, 2.75) is 26.2 Å². The lowest BCUT2D eigenvalue weighted by Gasteiger charge is -1.99. The lowest BCUT2D eigenvalue weighted by molar-refractivity contribution is 0.715. The van der Waals surface area contributed by atoms with Crippen molar-refractivity contribution < 1.29 is 0 Å². The molecule has 76 valence electrons. The average Bonchev–Trinajstić information content (AvgIpc) is 2.43. The molecule has 1 aromatic heterocycles. The Morgan fingerprint density at radius 3 is 2.77 bits per heavy atom. The Labute approximate surface area is 88.7 Å². The fraction of sp³-hybridized carbons (Fsp3) is 0.625. The SMILES string of the molecule is CCCCc1csc(=NN)n1C.Cl. The number of rotatable bonds is 3. The third-order valence-corrected chi connectivity index (χ3v) is 2.90. The number of hydrogen-bond acceptors (Lipinski definition) is 3. The van der Waals surface area contributed by atoms with Gasteiger partial charge in [0.25, 0.3) is 0 Å². The van der Waals surface area contributed by atoms with Crippen molar-refractivity contribution in [2.75, 3.05) is 0 Å². The summed E-state index contributed by atoms with van der Waals surface area (Å²) in [5, 5.41) is 5.81. The van der Waals surface area contributed by atoms with Crippen LogP contribution in [0.2, 0.25) is 0 Å². The lowest BCUT2D eigenvalue weighted by Crippen LogP contribution is -2.15. The second kappa shape index (κ2) is 6.05. The Morgan fingerprint density at radius 1 is 1.62 bits per heavy atom. The molecule has 0 saturated carbocycles. The molecule has 0 radical (unpaired) electrons. The summed E-state index contributed by atoms with van der Waals surface area (Å²) < 4.78 is 2.06. The van der Waals surface area contributed by atoms with Gasteiger partial charge >= 0.3 is 0 Å². The Balaban J connectivity index is 0.00000144. The highest BCUT2D eigenvalue weighted by molar-refractivity contribution is 7.07. The molecule has 2 N–H and O–H groups in total. The molecule has 0 amide bonds. The highest BCUT2D eigenvalue weighted by atomic mass is 35.5. The van der Waals surface area contributed by atoms with Crippen LogP contribution in [0, 0.1) is 0 Å². The highest BCUT2D eigenvalue weighted by Crippen LogP contribution is 2.04. The van der Waals surface area contributed by atoms with Gasteiger partial charge in [-0.15, -0.1) is 23.7 Å². The summed E-state index contributed by atoms with van der Waals surface area (Å²) in [6.07, 6.45) is 3.58. The molecule has 0 aliphatic carbocycles. The van der Waals surface area contributed by atoms with Crippen molar-refractivity contribution in [1.82, 2.24) is 4.57 Å². The van der Waals surface area contributed by atoms with E-state index in [0.29, 0.717) is 0 Å². The minimum atomic E-state index is 0. The fourth-order valence-corrected chi connectivity index (χ4v) is 1.96. The van der Waals surface area contributed by atoms with E-state index < -0.39 is 0 Å². The number of halogens is 1. The molecule has 0 saturated heterocycles. The van der Waals surface area contributed by atoms with Crippen molar-refractivity contribution in [1.29, 1.82) is 0 Å². The van der Waals surface area contributed by atoms with Gasteiger partial charge in [-0.25, -0.2) is 0 Å². The maximum atomic E-state index is 5.21. The Morgan fingerprint density at radius 2 is 2.31 bits per heavy atom. The van der Waals surface area contributed by atoms with E-state index in [1.165, 1.54) is 18.5 Å². The lowest BCUT2D eigenvalue weighted by atomic mass is 10.2. The van der Waals surface area contributed by atoms with Crippen LogP contribution in [-0.2, 0) is 13.5 Å². The highest BCUT2D eigenvalue weighted by Gasteiger charge is 1.99. The van der Waals surface area contributed by atoms with E-state index in [-0.39, 0.29) is 12.4 Å². The van der Waals surface area contributed by atoms with Crippen molar-refractivity contribution in [2.24, 2.45) is 18.0 Å². The van der Waals surface area contributed by atoms with Crippen LogP contribution >= 0.6 is 23.7 Å². The van der Waals surface area contributed by atoms with Gasteiger partial charge in [0.1, 0.15) is 0 Å². The first-order valence-corrected chi connectivity index (χ1v) is 5.05. The topological polar surface area (TPSA) is 43.3 Å². The molecule has 0 unspecified atom stereocenters. The summed E-state index contributed by atoms with van der Waals surface area (Å²) in [6, 6.07) is 0. The van der Waals surface area contributed by atoms with Crippen LogP contribution in [0.4, 0.5) is 0 Å². The molecular weight excluding hydrogens is 206 g/mol. The van der Waals surface area contributed by atoms with Crippen LogP contribution in [0.3, 0.4) is 0 Å². The van der Waals surface area contributed by atoms with E-state index in [0.717, 1.165) is 11.2 Å². The fourth-order valence-electron chi connectivity index (χ4n) is 1.10. The van der Waals surface area contributed by atoms with Gasteiger partial charge in [-0.3, -0.25) is 0 Å². The first-order valence-electron chi connectivity index (χ1n) is 4.17. The quantitative estimate of drug-likeness (QED) is 0.612. The number of aryl methyl sites for hydroxylation is 1. The third-order valence-electron chi connectivity index (χ3n) is 1.92. The summed E-state index contributed by atoms with van der Waals surface area (Å²) >= 11 is 1.60. The van der Waals surface area contributed by atoms with Crippen LogP contribution in [0.25, 0.3) is 0 Å². The van der Waals surface area contributed by atoms with Gasteiger partial charge in [0.05, 0.1) is 0 Å². The molecule has 1 rings (SSSR count). The summed E-state index contributed by atoms with van der Waals surface area (Å²) in [6.45, 7) is 2.20. The van der Waals surface area contributed by atoms with Crippen LogP contribution in [0.15, 0.2) is 10.5 Å². The van der Waals surface area contributed by atoms with Gasteiger partial charge in [0.15, 0.2) is 0 Å². The minimum Gasteiger partial charge on any atom is -0.323 e. The molecule has 1 heterocycles. The van der Waals surface area contributed by atoms with Gasteiger partial charge < -0.3 is 10.4 Å². The number of unbranched alkanes of at least 4 members (excludes halogenated alkanes) is 1. The molecule has 13 heavy (non-hydrogen) atoms. The number of hydrogen-bond donors (Lipinski definition) is 1. The Bertz CT molecular complexity index is 303. The van der Waals surface area contributed by atoms with E-state index in [1.807, 2.05) is 7.05 Å². The molecule has 0 atom stereocenters. The summed E-state index contributed by atoms with van der Waals surface area (Å²) in [4.78, 5) is 0.890. The normalized spacial score (nSPS) is 11.4. The third kappa shape index (κ3) is 3.04. The Kier molecular flexibility index (Phi) is 5.82. The molecule has 1 aromatic rings. The zero-order valence-corrected chi connectivity index (χ0v) is 9.62. The van der Waals surface area contributed by atoms with Gasteiger partial charge in [-0.1, -0.05) is 13.3 Å². The summed E-state index contributed by atoms with van der Waals surface area (Å²) in [5.41, 5.74) is 1.33. The van der Waals surface area contributed by atoms with E-state index in [1.54, 1.807) is 11.3 Å². The first-order chi connectivity index (χ1) is 5.79. The van der Waals surface area contributed by atoms with Crippen LogP contribution in [0.5, 0.6) is 0 Å². The number of nitrogens with two attached hydrogens (primary N) is 1. The first kappa shape index (κ1) is 12.5. The number of nitrogens with zero attached hydrogens (tertiary/aromatic N) is 2. The number of aromatic nitrogens is 1. The van der Waals surface area contributed by atoms with E-state index >= 15 is 0 Å². The molecular formula is C8H16ClN3S. The van der Waals surface area contributed by atoms with Crippen LogP contribution in [-0.4, -0.2) is 4.57 Å². The molecule has 0 aliphatic heterocycles. The maximum absolute atomic E-state index is 5.21. The molecule has 0 spiro atoms. The second-order valence-corrected chi connectivity index (χ2v) is 3.64.